The van der Waals surface area contributed by atoms with Gasteiger partial charge in [-0.3, -0.25) is 4.79 Å². The van der Waals surface area contributed by atoms with Gasteiger partial charge in [0.05, 0.1) is 13.7 Å². The van der Waals surface area contributed by atoms with Crippen LogP contribution in [0.1, 0.15) is 39.7 Å². The number of hydrogen-bond donors (Lipinski definition) is 1. The molecule has 0 saturated carbocycles. The topological polar surface area (TPSA) is 56.8 Å². The predicted molar refractivity (Wildman–Crippen MR) is 111 cm³/mol. The minimum absolute atomic E-state index is 0.114. The van der Waals surface area contributed by atoms with Crippen molar-refractivity contribution in [2.45, 2.75) is 45.6 Å². The Morgan fingerprint density at radius 1 is 1.04 bits per heavy atom. The van der Waals surface area contributed by atoms with Crippen molar-refractivity contribution < 1.29 is 19.0 Å². The minimum atomic E-state index is -0.581. The number of hydrogen-bond acceptors (Lipinski definition) is 4. The zero-order valence-corrected chi connectivity index (χ0v) is 17.5. The van der Waals surface area contributed by atoms with E-state index in [0.29, 0.717) is 31.1 Å². The van der Waals surface area contributed by atoms with Gasteiger partial charge in [-0.15, -0.1) is 0 Å². The molecular weight excluding hydrogens is 354 g/mol. The smallest absolute Gasteiger partial charge is 0.261 e. The molecular formula is C23H31NO4. The monoisotopic (exact) mass is 385 g/mol. The summed E-state index contributed by atoms with van der Waals surface area (Å²) >= 11 is 0. The first kappa shape index (κ1) is 21.6. The lowest BCUT2D eigenvalue weighted by Crippen LogP contribution is -2.39. The average molecular weight is 386 g/mol. The van der Waals surface area contributed by atoms with Crippen LogP contribution in [0.5, 0.6) is 17.2 Å². The Kier molecular flexibility index (Phi) is 7.73. The largest absolute Gasteiger partial charge is 0.493 e. The van der Waals surface area contributed by atoms with Crippen LogP contribution in [0.4, 0.5) is 0 Å². The summed E-state index contributed by atoms with van der Waals surface area (Å²) in [6, 6.07) is 15.4. The molecule has 0 aliphatic rings. The van der Waals surface area contributed by atoms with Gasteiger partial charge in [0.25, 0.3) is 5.91 Å². The standard InChI is InChI=1S/C23H31NO4/c1-6-19(28-21-10-8-7-9-20(21)26-5)22(25)24-15-16-27-18-13-11-17(12-14-18)23(2,3)4/h7-14,19H,6,15-16H2,1-5H3,(H,24,25)/t19-/m1/s1. The molecule has 1 atom stereocenters. The first-order chi connectivity index (χ1) is 13.3. The van der Waals surface area contributed by atoms with E-state index < -0.39 is 6.10 Å². The van der Waals surface area contributed by atoms with E-state index in [-0.39, 0.29) is 11.3 Å². The molecule has 28 heavy (non-hydrogen) atoms. The molecule has 5 nitrogen and oxygen atoms in total. The fraction of sp³-hybridized carbons (Fsp3) is 0.435. The van der Waals surface area contributed by atoms with Crippen LogP contribution in [0.3, 0.4) is 0 Å². The third-order valence-electron chi connectivity index (χ3n) is 4.39. The first-order valence-electron chi connectivity index (χ1n) is 9.66. The molecule has 2 rings (SSSR count). The summed E-state index contributed by atoms with van der Waals surface area (Å²) in [5.74, 6) is 1.79. The second-order valence-corrected chi connectivity index (χ2v) is 7.58. The van der Waals surface area contributed by atoms with E-state index in [9.17, 15) is 4.79 Å². The number of ether oxygens (including phenoxy) is 3. The van der Waals surface area contributed by atoms with Crippen LogP contribution in [0.15, 0.2) is 48.5 Å². The van der Waals surface area contributed by atoms with Crippen LogP contribution in [0.25, 0.3) is 0 Å². The Balaban J connectivity index is 1.80. The van der Waals surface area contributed by atoms with Gasteiger partial charge in [0, 0.05) is 0 Å². The number of amides is 1. The first-order valence-corrected chi connectivity index (χ1v) is 9.66. The molecule has 0 fully saturated rings. The lowest BCUT2D eigenvalue weighted by molar-refractivity contribution is -0.128. The number of para-hydroxylation sites is 2. The maximum Gasteiger partial charge on any atom is 0.261 e. The molecule has 0 aromatic heterocycles. The van der Waals surface area contributed by atoms with E-state index in [2.05, 4.69) is 38.2 Å². The van der Waals surface area contributed by atoms with Crippen molar-refractivity contribution in [1.29, 1.82) is 0 Å². The third-order valence-corrected chi connectivity index (χ3v) is 4.39. The normalized spacial score (nSPS) is 12.2. The number of rotatable bonds is 9. The summed E-state index contributed by atoms with van der Waals surface area (Å²) < 4.78 is 16.8. The molecule has 1 N–H and O–H groups in total. The molecule has 0 unspecified atom stereocenters. The number of benzene rings is 2. The summed E-state index contributed by atoms with van der Waals surface area (Å²) in [4.78, 5) is 12.4. The van der Waals surface area contributed by atoms with Crippen molar-refractivity contribution >= 4 is 5.91 Å². The van der Waals surface area contributed by atoms with Crippen LogP contribution in [0, 0.1) is 0 Å². The molecule has 0 bridgehead atoms. The zero-order valence-electron chi connectivity index (χ0n) is 17.5. The predicted octanol–water partition coefficient (Wildman–Crippen LogP) is 4.35. The van der Waals surface area contributed by atoms with Crippen molar-refractivity contribution in [2.24, 2.45) is 0 Å². The van der Waals surface area contributed by atoms with Crippen LogP contribution >= 0.6 is 0 Å². The summed E-state index contributed by atoms with van der Waals surface area (Å²) in [5, 5.41) is 2.87. The average Bonchev–Trinajstić information content (AvgIpc) is 2.69. The Morgan fingerprint density at radius 2 is 1.68 bits per heavy atom. The fourth-order valence-corrected chi connectivity index (χ4v) is 2.70. The summed E-state index contributed by atoms with van der Waals surface area (Å²) in [6.45, 7) is 9.24. The maximum atomic E-state index is 12.4. The lowest BCUT2D eigenvalue weighted by Gasteiger charge is -2.19. The van der Waals surface area contributed by atoms with E-state index in [0.717, 1.165) is 5.75 Å². The Morgan fingerprint density at radius 3 is 2.25 bits per heavy atom. The number of nitrogens with one attached hydrogen (secondary N) is 1. The van der Waals surface area contributed by atoms with Crippen molar-refractivity contribution in [3.05, 3.63) is 54.1 Å². The molecule has 0 radical (unpaired) electrons. The van der Waals surface area contributed by atoms with Crippen LogP contribution in [0.2, 0.25) is 0 Å². The highest BCUT2D eigenvalue weighted by atomic mass is 16.5. The molecule has 0 heterocycles. The highest BCUT2D eigenvalue weighted by Gasteiger charge is 2.19. The molecule has 1 amide bonds. The van der Waals surface area contributed by atoms with Crippen molar-refractivity contribution in [3.8, 4) is 17.2 Å². The fourth-order valence-electron chi connectivity index (χ4n) is 2.70. The second kappa shape index (κ2) is 10.0. The molecule has 5 heteroatoms. The van der Waals surface area contributed by atoms with E-state index in [1.54, 1.807) is 19.2 Å². The van der Waals surface area contributed by atoms with E-state index >= 15 is 0 Å². The molecule has 0 aliphatic carbocycles. The Hall–Kier alpha value is -2.69. The molecule has 0 spiro atoms. The summed E-state index contributed by atoms with van der Waals surface area (Å²) in [6.07, 6.45) is -0.0266. The number of carbonyl (C=O) groups excluding carboxylic acids is 1. The highest BCUT2D eigenvalue weighted by molar-refractivity contribution is 5.81. The second-order valence-electron chi connectivity index (χ2n) is 7.58. The minimum Gasteiger partial charge on any atom is -0.493 e. The van der Waals surface area contributed by atoms with Gasteiger partial charge < -0.3 is 19.5 Å². The molecule has 0 saturated heterocycles. The summed E-state index contributed by atoms with van der Waals surface area (Å²) in [5.41, 5.74) is 1.37. The highest BCUT2D eigenvalue weighted by Crippen LogP contribution is 2.27. The third kappa shape index (κ3) is 6.19. The van der Waals surface area contributed by atoms with Crippen molar-refractivity contribution in [1.82, 2.24) is 5.32 Å². The van der Waals surface area contributed by atoms with Crippen molar-refractivity contribution in [3.63, 3.8) is 0 Å². The van der Waals surface area contributed by atoms with Crippen LogP contribution in [-0.4, -0.2) is 32.3 Å². The Bertz CT molecular complexity index is 750. The molecule has 2 aromatic carbocycles. The van der Waals surface area contributed by atoms with Crippen LogP contribution < -0.4 is 19.5 Å². The molecule has 2 aromatic rings. The van der Waals surface area contributed by atoms with E-state index in [1.807, 2.05) is 31.2 Å². The van der Waals surface area contributed by atoms with E-state index in [4.69, 9.17) is 14.2 Å². The number of carbonyl (C=O) groups is 1. The van der Waals surface area contributed by atoms with Gasteiger partial charge in [-0.25, -0.2) is 0 Å². The van der Waals surface area contributed by atoms with Gasteiger partial charge in [0.15, 0.2) is 17.6 Å². The molecule has 152 valence electrons. The van der Waals surface area contributed by atoms with Gasteiger partial charge >= 0.3 is 0 Å². The zero-order chi connectivity index (χ0) is 20.6. The summed E-state index contributed by atoms with van der Waals surface area (Å²) in [7, 11) is 1.58. The van der Waals surface area contributed by atoms with Crippen LogP contribution in [-0.2, 0) is 10.2 Å². The lowest BCUT2D eigenvalue weighted by atomic mass is 9.87. The van der Waals surface area contributed by atoms with Gasteiger partial charge in [-0.05, 0) is 41.7 Å². The number of methoxy groups -OCH3 is 1. The maximum absolute atomic E-state index is 12.4. The van der Waals surface area contributed by atoms with Gasteiger partial charge in [0.1, 0.15) is 12.4 Å². The Labute approximate surface area is 168 Å². The molecule has 0 aliphatic heterocycles. The van der Waals surface area contributed by atoms with Gasteiger partial charge in [-0.1, -0.05) is 52.0 Å². The van der Waals surface area contributed by atoms with Gasteiger partial charge in [-0.2, -0.15) is 0 Å². The van der Waals surface area contributed by atoms with E-state index in [1.165, 1.54) is 5.56 Å². The van der Waals surface area contributed by atoms with Gasteiger partial charge in [0.2, 0.25) is 0 Å². The van der Waals surface area contributed by atoms with Crippen molar-refractivity contribution in [2.75, 3.05) is 20.3 Å². The quantitative estimate of drug-likeness (QED) is 0.652. The SMILES string of the molecule is CC[C@@H](Oc1ccccc1OC)C(=O)NCCOc1ccc(C(C)(C)C)cc1.